The molecule has 0 amide bonds. The van der Waals surface area contributed by atoms with Gasteiger partial charge in [0, 0.05) is 12.5 Å². The van der Waals surface area contributed by atoms with Crippen LogP contribution in [0.15, 0.2) is 18.2 Å². The van der Waals surface area contributed by atoms with E-state index in [2.05, 4.69) is 0 Å². The molecule has 0 saturated carbocycles. The molecule has 0 aliphatic heterocycles. The van der Waals surface area contributed by atoms with Crippen LogP contribution < -0.4 is 4.74 Å². The molecule has 0 heterocycles. The molecule has 2 nitrogen and oxygen atoms in total. The van der Waals surface area contributed by atoms with Crippen LogP contribution in [0, 0.1) is 11.6 Å². The van der Waals surface area contributed by atoms with Crippen LogP contribution in [0.2, 0.25) is 0 Å². The lowest BCUT2D eigenvalue weighted by Crippen LogP contribution is -2.16. The van der Waals surface area contributed by atoms with Crippen molar-refractivity contribution >= 4 is 5.78 Å². The van der Waals surface area contributed by atoms with Gasteiger partial charge in [-0.15, -0.1) is 0 Å². The Kier molecular flexibility index (Phi) is 3.77. The first kappa shape index (κ1) is 11.6. The first-order chi connectivity index (χ1) is 6.99. The lowest BCUT2D eigenvalue weighted by Gasteiger charge is -2.13. The molecule has 82 valence electrons. The molecule has 4 heteroatoms. The summed E-state index contributed by atoms with van der Waals surface area (Å²) < 4.78 is 30.8. The van der Waals surface area contributed by atoms with Gasteiger partial charge in [-0.2, -0.15) is 0 Å². The van der Waals surface area contributed by atoms with Crippen LogP contribution >= 0.6 is 0 Å². The average Bonchev–Trinajstić information content (AvgIpc) is 2.08. The van der Waals surface area contributed by atoms with E-state index in [0.29, 0.717) is 0 Å². The van der Waals surface area contributed by atoms with E-state index in [1.165, 1.54) is 13.0 Å². The number of ketones is 1. The molecule has 1 rings (SSSR count). The predicted octanol–water partition coefficient (Wildman–Crippen LogP) is 2.71. The van der Waals surface area contributed by atoms with Gasteiger partial charge < -0.3 is 4.74 Å². The summed E-state index contributed by atoms with van der Waals surface area (Å²) in [5, 5.41) is 0. The highest BCUT2D eigenvalue weighted by atomic mass is 19.1. The maximum atomic E-state index is 13.1. The fraction of sp³-hybridized carbons (Fsp3) is 0.364. The smallest absolute Gasteiger partial charge is 0.167 e. The van der Waals surface area contributed by atoms with E-state index in [4.69, 9.17) is 4.74 Å². The number of carbonyl (C=O) groups is 1. The predicted molar refractivity (Wildman–Crippen MR) is 51.7 cm³/mol. The van der Waals surface area contributed by atoms with Crippen molar-refractivity contribution < 1.29 is 18.3 Å². The van der Waals surface area contributed by atoms with E-state index in [9.17, 15) is 13.6 Å². The maximum Gasteiger partial charge on any atom is 0.167 e. The van der Waals surface area contributed by atoms with Crippen molar-refractivity contribution in [3.05, 3.63) is 29.8 Å². The summed E-state index contributed by atoms with van der Waals surface area (Å²) in [6, 6.07) is 3.07. The monoisotopic (exact) mass is 214 g/mol. The summed E-state index contributed by atoms with van der Waals surface area (Å²) in [6.07, 6.45) is -0.209. The normalized spacial score (nSPS) is 12.3. The molecule has 0 saturated heterocycles. The van der Waals surface area contributed by atoms with Crippen molar-refractivity contribution in [3.8, 4) is 5.75 Å². The molecule has 15 heavy (non-hydrogen) atoms. The van der Waals surface area contributed by atoms with Crippen LogP contribution in [0.1, 0.15) is 20.3 Å². The Hall–Kier alpha value is -1.45. The van der Waals surface area contributed by atoms with E-state index in [-0.39, 0.29) is 18.0 Å². The molecule has 1 aromatic rings. The second-order valence-electron chi connectivity index (χ2n) is 3.41. The summed E-state index contributed by atoms with van der Waals surface area (Å²) in [4.78, 5) is 10.7. The molecule has 0 aromatic heterocycles. The summed E-state index contributed by atoms with van der Waals surface area (Å²) in [5.74, 6) is -1.49. The Morgan fingerprint density at radius 3 is 2.67 bits per heavy atom. The van der Waals surface area contributed by atoms with Gasteiger partial charge in [0.25, 0.3) is 0 Å². The third kappa shape index (κ3) is 3.65. The van der Waals surface area contributed by atoms with Gasteiger partial charge in [-0.25, -0.2) is 8.78 Å². The quantitative estimate of drug-likeness (QED) is 0.770. The molecule has 0 aliphatic rings. The molecule has 0 radical (unpaired) electrons. The van der Waals surface area contributed by atoms with Crippen molar-refractivity contribution in [2.24, 2.45) is 0 Å². The molecule has 0 N–H and O–H groups in total. The van der Waals surface area contributed by atoms with Gasteiger partial charge in [0.05, 0.1) is 0 Å². The minimum absolute atomic E-state index is 0.0369. The maximum absolute atomic E-state index is 13.1. The SMILES string of the molecule is CC(=O)CC(C)Oc1ccc(F)cc1F. The van der Waals surface area contributed by atoms with Gasteiger partial charge >= 0.3 is 0 Å². The zero-order chi connectivity index (χ0) is 11.4. The van der Waals surface area contributed by atoms with Crippen molar-refractivity contribution in [1.29, 1.82) is 0 Å². The number of carbonyl (C=O) groups excluding carboxylic acids is 1. The Labute approximate surface area is 86.9 Å². The Balaban J connectivity index is 2.68. The van der Waals surface area contributed by atoms with Gasteiger partial charge in [0.15, 0.2) is 11.6 Å². The highest BCUT2D eigenvalue weighted by molar-refractivity contribution is 5.75. The molecule has 0 spiro atoms. The average molecular weight is 214 g/mol. The number of benzene rings is 1. The Morgan fingerprint density at radius 1 is 1.47 bits per heavy atom. The molecule has 0 bridgehead atoms. The topological polar surface area (TPSA) is 26.3 Å². The largest absolute Gasteiger partial charge is 0.487 e. The number of hydrogen-bond acceptors (Lipinski definition) is 2. The minimum atomic E-state index is -0.759. The van der Waals surface area contributed by atoms with Crippen LogP contribution in [0.3, 0.4) is 0 Å². The van der Waals surface area contributed by atoms with Gasteiger partial charge in [0.1, 0.15) is 17.7 Å². The zero-order valence-electron chi connectivity index (χ0n) is 8.59. The first-order valence-corrected chi connectivity index (χ1v) is 4.60. The van der Waals surface area contributed by atoms with E-state index < -0.39 is 17.7 Å². The molecule has 0 aliphatic carbocycles. The second-order valence-corrected chi connectivity index (χ2v) is 3.41. The molecular formula is C11H12F2O2. The van der Waals surface area contributed by atoms with Crippen molar-refractivity contribution in [1.82, 2.24) is 0 Å². The number of Topliss-reactive ketones (excluding diaryl/α,β-unsaturated/α-hetero) is 1. The van der Waals surface area contributed by atoms with Crippen LogP contribution in [0.5, 0.6) is 5.75 Å². The third-order valence-electron chi connectivity index (χ3n) is 1.80. The third-order valence-corrected chi connectivity index (χ3v) is 1.80. The highest BCUT2D eigenvalue weighted by Crippen LogP contribution is 2.19. The summed E-state index contributed by atoms with van der Waals surface area (Å²) in [5.41, 5.74) is 0. The summed E-state index contributed by atoms with van der Waals surface area (Å²) >= 11 is 0. The minimum Gasteiger partial charge on any atom is -0.487 e. The number of halogens is 2. The van der Waals surface area contributed by atoms with Crippen molar-refractivity contribution in [2.75, 3.05) is 0 Å². The molecular weight excluding hydrogens is 202 g/mol. The molecule has 1 aromatic carbocycles. The van der Waals surface area contributed by atoms with Gasteiger partial charge in [0.2, 0.25) is 0 Å². The van der Waals surface area contributed by atoms with E-state index in [1.807, 2.05) is 0 Å². The Morgan fingerprint density at radius 2 is 2.13 bits per heavy atom. The van der Waals surface area contributed by atoms with Crippen molar-refractivity contribution in [3.63, 3.8) is 0 Å². The summed E-state index contributed by atoms with van der Waals surface area (Å²) in [7, 11) is 0. The Bertz CT molecular complexity index is 364. The number of ether oxygens (including phenoxy) is 1. The van der Waals surface area contributed by atoms with Crippen LogP contribution in [0.25, 0.3) is 0 Å². The number of hydrogen-bond donors (Lipinski definition) is 0. The van der Waals surface area contributed by atoms with Crippen LogP contribution in [-0.4, -0.2) is 11.9 Å². The van der Waals surface area contributed by atoms with Crippen LogP contribution in [-0.2, 0) is 4.79 Å². The van der Waals surface area contributed by atoms with E-state index in [1.54, 1.807) is 6.92 Å². The van der Waals surface area contributed by atoms with Gasteiger partial charge in [-0.1, -0.05) is 0 Å². The lowest BCUT2D eigenvalue weighted by molar-refractivity contribution is -0.118. The van der Waals surface area contributed by atoms with Crippen LogP contribution in [0.4, 0.5) is 8.78 Å². The zero-order valence-corrected chi connectivity index (χ0v) is 8.59. The highest BCUT2D eigenvalue weighted by Gasteiger charge is 2.10. The van der Waals surface area contributed by atoms with Gasteiger partial charge in [-0.3, -0.25) is 4.79 Å². The molecule has 1 atom stereocenters. The number of rotatable bonds is 4. The van der Waals surface area contributed by atoms with Gasteiger partial charge in [-0.05, 0) is 26.0 Å². The first-order valence-electron chi connectivity index (χ1n) is 4.60. The molecule has 1 unspecified atom stereocenters. The fourth-order valence-electron chi connectivity index (χ4n) is 1.23. The fourth-order valence-corrected chi connectivity index (χ4v) is 1.23. The van der Waals surface area contributed by atoms with Crippen molar-refractivity contribution in [2.45, 2.75) is 26.4 Å². The van der Waals surface area contributed by atoms with E-state index in [0.717, 1.165) is 12.1 Å². The standard InChI is InChI=1S/C11H12F2O2/c1-7(14)5-8(2)15-11-4-3-9(12)6-10(11)13/h3-4,6,8H,5H2,1-2H3. The second kappa shape index (κ2) is 4.87. The molecule has 0 fully saturated rings. The lowest BCUT2D eigenvalue weighted by atomic mass is 10.2. The van der Waals surface area contributed by atoms with E-state index >= 15 is 0 Å². The summed E-state index contributed by atoms with van der Waals surface area (Å²) in [6.45, 7) is 3.09.